The molecule has 14 heteroatoms. The van der Waals surface area contributed by atoms with E-state index in [0.29, 0.717) is 34.7 Å². The number of halogens is 5. The van der Waals surface area contributed by atoms with Gasteiger partial charge in [-0.2, -0.15) is 17.5 Å². The van der Waals surface area contributed by atoms with E-state index in [1.165, 1.54) is 36.7 Å². The maximum atomic E-state index is 13.6. The highest BCUT2D eigenvalue weighted by Crippen LogP contribution is 2.36. The second-order valence-corrected chi connectivity index (χ2v) is 11.9. The molecule has 0 bridgehead atoms. The van der Waals surface area contributed by atoms with Crippen LogP contribution in [0.2, 0.25) is 0 Å². The van der Waals surface area contributed by atoms with Gasteiger partial charge in [0, 0.05) is 56.1 Å². The van der Waals surface area contributed by atoms with E-state index >= 15 is 0 Å². The van der Waals surface area contributed by atoms with Gasteiger partial charge >= 0.3 is 6.18 Å². The van der Waals surface area contributed by atoms with Crippen molar-refractivity contribution in [1.82, 2.24) is 18.8 Å². The molecule has 3 heterocycles. The Morgan fingerprint density at radius 3 is 2.45 bits per heavy atom. The number of sulfonamides is 1. The molecule has 0 spiro atoms. The van der Waals surface area contributed by atoms with Crippen LogP contribution in [0.1, 0.15) is 17.0 Å². The predicted molar refractivity (Wildman–Crippen MR) is 145 cm³/mol. The van der Waals surface area contributed by atoms with Crippen molar-refractivity contribution in [2.75, 3.05) is 19.5 Å². The molecule has 2 aromatic carbocycles. The molecule has 2 aromatic heterocycles. The van der Waals surface area contributed by atoms with Crippen LogP contribution in [0.3, 0.4) is 0 Å². The first-order chi connectivity index (χ1) is 19.8. The third-order valence-electron chi connectivity index (χ3n) is 6.98. The molecule has 222 valence electrons. The number of pyridine rings is 1. The van der Waals surface area contributed by atoms with Crippen molar-refractivity contribution >= 4 is 21.5 Å². The number of nitrogens with one attached hydrogen (secondary N) is 1. The zero-order valence-electron chi connectivity index (χ0n) is 22.4. The average molecular weight is 608 g/mol. The Kier molecular flexibility index (Phi) is 7.94. The summed E-state index contributed by atoms with van der Waals surface area (Å²) in [4.78, 5) is 8.28. The lowest BCUT2D eigenvalue weighted by Crippen LogP contribution is -2.26. The van der Waals surface area contributed by atoms with Crippen LogP contribution in [-0.4, -0.2) is 47.8 Å². The molecule has 4 aromatic rings. The summed E-state index contributed by atoms with van der Waals surface area (Å²) >= 11 is 0. The fourth-order valence-corrected chi connectivity index (χ4v) is 5.84. The zero-order valence-corrected chi connectivity index (χ0v) is 23.3. The van der Waals surface area contributed by atoms with E-state index in [9.17, 15) is 30.4 Å². The number of nitrogens with zero attached hydrogens (tertiary/aromatic N) is 4. The molecular weight excluding hydrogens is 581 g/mol. The molecule has 8 nitrogen and oxygen atoms in total. The van der Waals surface area contributed by atoms with Gasteiger partial charge in [-0.25, -0.2) is 27.2 Å². The summed E-state index contributed by atoms with van der Waals surface area (Å²) in [6.45, 7) is 0.136. The van der Waals surface area contributed by atoms with Crippen LogP contribution in [0.25, 0.3) is 11.3 Å². The third-order valence-corrected chi connectivity index (χ3v) is 8.78. The highest BCUT2D eigenvalue weighted by atomic mass is 32.2. The normalized spacial score (nSPS) is 15.3. The van der Waals surface area contributed by atoms with Gasteiger partial charge in [0.1, 0.15) is 17.4 Å². The van der Waals surface area contributed by atoms with Gasteiger partial charge in [-0.3, -0.25) is 0 Å². The number of alkyl halides is 5. The Labute approximate surface area is 238 Å². The molecule has 42 heavy (non-hydrogen) atoms. The number of methoxy groups -OCH3 is 1. The number of imidazole rings is 1. The summed E-state index contributed by atoms with van der Waals surface area (Å²) in [5.74, 6) is 0.278. The van der Waals surface area contributed by atoms with Crippen molar-refractivity contribution in [3.8, 4) is 17.0 Å². The van der Waals surface area contributed by atoms with Gasteiger partial charge in [-0.15, -0.1) is 0 Å². The third kappa shape index (κ3) is 6.09. The first-order valence-corrected chi connectivity index (χ1v) is 14.2. The number of anilines is 2. The van der Waals surface area contributed by atoms with Crippen LogP contribution in [0, 0.1) is 5.92 Å². The maximum absolute atomic E-state index is 13.6. The second-order valence-electron chi connectivity index (χ2n) is 9.86. The van der Waals surface area contributed by atoms with Crippen LogP contribution in [0.5, 0.6) is 5.75 Å². The lowest BCUT2D eigenvalue weighted by Gasteiger charge is -2.19. The number of hydrogen-bond acceptors (Lipinski definition) is 6. The van der Waals surface area contributed by atoms with E-state index in [1.54, 1.807) is 35.0 Å². The number of rotatable bonds is 9. The first-order valence-electron chi connectivity index (χ1n) is 12.7. The highest BCUT2D eigenvalue weighted by Gasteiger charge is 2.32. The minimum atomic E-state index is -4.56. The van der Waals surface area contributed by atoms with Crippen LogP contribution >= 0.6 is 0 Å². The second kappa shape index (κ2) is 11.3. The lowest BCUT2D eigenvalue weighted by atomic mass is 10.1. The Balaban J connectivity index is 1.48. The maximum Gasteiger partial charge on any atom is 0.417 e. The summed E-state index contributed by atoms with van der Waals surface area (Å²) in [6.07, 6.45) is -4.76. The molecule has 5 rings (SSSR count). The lowest BCUT2D eigenvalue weighted by molar-refractivity contribution is -0.137. The molecular formula is C28H26F5N5O3S. The molecule has 0 saturated carbocycles. The smallest absolute Gasteiger partial charge is 0.417 e. The van der Waals surface area contributed by atoms with E-state index in [2.05, 4.69) is 15.3 Å². The molecule has 0 fully saturated rings. The Morgan fingerprint density at radius 2 is 1.86 bits per heavy atom. The number of ether oxygens (including phenoxy) is 1. The van der Waals surface area contributed by atoms with Gasteiger partial charge in [-0.05, 0) is 48.0 Å². The van der Waals surface area contributed by atoms with Crippen LogP contribution < -0.4 is 10.1 Å². The molecule has 0 radical (unpaired) electrons. The number of aromatic nitrogens is 3. The van der Waals surface area contributed by atoms with Crippen molar-refractivity contribution in [3.05, 3.63) is 83.9 Å². The summed E-state index contributed by atoms with van der Waals surface area (Å²) in [7, 11) is -1.04. The van der Waals surface area contributed by atoms with Crippen LogP contribution in [-0.2, 0) is 35.7 Å². The van der Waals surface area contributed by atoms with Gasteiger partial charge in [0.15, 0.2) is 0 Å². The van der Waals surface area contributed by atoms with Crippen LogP contribution in [0.4, 0.5) is 33.5 Å². The summed E-state index contributed by atoms with van der Waals surface area (Å²) < 4.78 is 101. The topological polar surface area (TPSA) is 89.4 Å². The van der Waals surface area contributed by atoms with E-state index in [4.69, 9.17) is 4.74 Å². The van der Waals surface area contributed by atoms with Crippen molar-refractivity contribution in [2.45, 2.75) is 37.0 Å². The SMILES string of the molecule is COc1ccc(CN(C)S(=O)(=O)c2ccc(Nc3ccc(C(F)(F)F)cn3)c(-c3cn4c(n3)CC(C(F)F)C4)c2)cc1. The van der Waals surface area contributed by atoms with Crippen LogP contribution in [0.15, 0.2) is 71.9 Å². The first kappa shape index (κ1) is 29.5. The number of benzene rings is 2. The quantitative estimate of drug-likeness (QED) is 0.236. The van der Waals surface area contributed by atoms with Gasteiger partial charge in [-0.1, -0.05) is 12.1 Å². The van der Waals surface area contributed by atoms with Gasteiger partial charge in [0.25, 0.3) is 0 Å². The van der Waals surface area contributed by atoms with Gasteiger partial charge in [0.2, 0.25) is 16.4 Å². The molecule has 1 aliphatic heterocycles. The van der Waals surface area contributed by atoms with Gasteiger partial charge in [0.05, 0.1) is 23.3 Å². The molecule has 0 saturated heterocycles. The molecule has 1 unspecified atom stereocenters. The molecule has 0 amide bonds. The number of hydrogen-bond donors (Lipinski definition) is 1. The van der Waals surface area contributed by atoms with Crippen molar-refractivity contribution in [3.63, 3.8) is 0 Å². The monoisotopic (exact) mass is 607 g/mol. The van der Waals surface area contributed by atoms with E-state index in [0.717, 1.165) is 17.7 Å². The Bertz CT molecular complexity index is 1650. The fourth-order valence-electron chi connectivity index (χ4n) is 4.66. The van der Waals surface area contributed by atoms with E-state index < -0.39 is 34.1 Å². The van der Waals surface area contributed by atoms with E-state index in [-0.39, 0.29) is 30.2 Å². The van der Waals surface area contributed by atoms with Crippen molar-refractivity contribution in [2.24, 2.45) is 5.92 Å². The molecule has 1 atom stereocenters. The van der Waals surface area contributed by atoms with Crippen molar-refractivity contribution < 1.29 is 35.1 Å². The minimum Gasteiger partial charge on any atom is -0.497 e. The van der Waals surface area contributed by atoms with Crippen molar-refractivity contribution in [1.29, 1.82) is 0 Å². The minimum absolute atomic E-state index is 0.0574. The Hall–Kier alpha value is -4.04. The Morgan fingerprint density at radius 1 is 1.12 bits per heavy atom. The highest BCUT2D eigenvalue weighted by molar-refractivity contribution is 7.89. The molecule has 1 N–H and O–H groups in total. The molecule has 1 aliphatic rings. The summed E-state index contributed by atoms with van der Waals surface area (Å²) in [6, 6.07) is 13.2. The largest absolute Gasteiger partial charge is 0.497 e. The summed E-state index contributed by atoms with van der Waals surface area (Å²) in [5, 5.41) is 2.93. The average Bonchev–Trinajstić information content (AvgIpc) is 3.53. The zero-order chi connectivity index (χ0) is 30.2. The van der Waals surface area contributed by atoms with Gasteiger partial charge < -0.3 is 14.6 Å². The van der Waals surface area contributed by atoms with E-state index in [1.807, 2.05) is 0 Å². The number of fused-ring (bicyclic) bond motifs is 1. The fraction of sp³-hybridized carbons (Fsp3) is 0.286. The standard InChI is InChI=1S/C28H26F5N5O3S/c1-37(14-17-3-6-20(41-2)7-4-17)42(39,40)21-8-9-23(35-25-10-5-19(13-34-25)28(31,32)33)22(12-21)24-16-38-15-18(27(29)30)11-26(38)36-24/h3-10,12-13,16,18,27H,11,14-15H2,1-2H3,(H,34,35). The molecule has 0 aliphatic carbocycles. The predicted octanol–water partition coefficient (Wildman–Crippen LogP) is 5.97. The summed E-state index contributed by atoms with van der Waals surface area (Å²) in [5.41, 5.74) is 0.760.